The number of aryl methyl sites for hydroxylation is 1. The third-order valence-electron chi connectivity index (χ3n) is 4.64. The van der Waals surface area contributed by atoms with Crippen LogP contribution in [-0.4, -0.2) is 23.1 Å². The van der Waals surface area contributed by atoms with E-state index in [1.165, 1.54) is 51.5 Å². The number of nitrogens with zero attached hydrogens (tertiary/aromatic N) is 3. The largest absolute Gasteiger partial charge is 0.355 e. The van der Waals surface area contributed by atoms with Crippen molar-refractivity contribution in [2.45, 2.75) is 51.9 Å². The maximum Gasteiger partial charge on any atom is 0.147 e. The molecule has 3 rings (SSSR count). The first-order valence-electron chi connectivity index (χ1n) is 7.31. The van der Waals surface area contributed by atoms with Crippen LogP contribution >= 0.6 is 0 Å². The minimum Gasteiger partial charge on any atom is -0.355 e. The molecule has 1 saturated carbocycles. The van der Waals surface area contributed by atoms with Crippen molar-refractivity contribution in [2.24, 2.45) is 5.41 Å². The van der Waals surface area contributed by atoms with Crippen LogP contribution in [0.15, 0.2) is 12.4 Å². The predicted molar refractivity (Wildman–Crippen MR) is 73.7 cm³/mol. The van der Waals surface area contributed by atoms with Gasteiger partial charge in [0.15, 0.2) is 0 Å². The van der Waals surface area contributed by atoms with Crippen LogP contribution in [0.3, 0.4) is 0 Å². The van der Waals surface area contributed by atoms with Gasteiger partial charge in [0.1, 0.15) is 5.82 Å². The minimum absolute atomic E-state index is 0.585. The lowest BCUT2D eigenvalue weighted by atomic mass is 9.69. The number of hydrogen-bond acceptors (Lipinski definition) is 3. The average molecular weight is 245 g/mol. The highest BCUT2D eigenvalue weighted by atomic mass is 15.2. The minimum atomic E-state index is 0.585. The summed E-state index contributed by atoms with van der Waals surface area (Å²) in [5, 5.41) is 0. The highest BCUT2D eigenvalue weighted by molar-refractivity contribution is 5.37. The number of hydrogen-bond donors (Lipinski definition) is 0. The molecule has 1 aromatic rings. The molecule has 2 aliphatic rings. The molecule has 0 amide bonds. The van der Waals surface area contributed by atoms with Crippen LogP contribution in [0.5, 0.6) is 0 Å². The van der Waals surface area contributed by atoms with Crippen molar-refractivity contribution < 1.29 is 0 Å². The second kappa shape index (κ2) is 4.87. The van der Waals surface area contributed by atoms with Gasteiger partial charge in [0.25, 0.3) is 0 Å². The number of aromatic nitrogens is 2. The molecule has 1 aliphatic heterocycles. The normalized spacial score (nSPS) is 23.3. The van der Waals surface area contributed by atoms with Crippen molar-refractivity contribution in [3.63, 3.8) is 0 Å². The Morgan fingerprint density at radius 3 is 2.61 bits per heavy atom. The standard InChI is InChI=1S/C15H23N3/c1-13-10-16-11-14(17-13)18-9-5-8-15(12-18)6-3-2-4-7-15/h10-11H,2-9,12H2,1H3. The van der Waals surface area contributed by atoms with E-state index in [2.05, 4.69) is 14.9 Å². The first-order chi connectivity index (χ1) is 8.77. The summed E-state index contributed by atoms with van der Waals surface area (Å²) in [4.78, 5) is 11.4. The summed E-state index contributed by atoms with van der Waals surface area (Å²) in [5.74, 6) is 1.08. The molecule has 1 spiro atoms. The lowest BCUT2D eigenvalue weighted by molar-refractivity contribution is 0.155. The molecule has 1 aliphatic carbocycles. The zero-order valence-electron chi connectivity index (χ0n) is 11.4. The van der Waals surface area contributed by atoms with Crippen LogP contribution in [0.4, 0.5) is 5.82 Å². The van der Waals surface area contributed by atoms with Gasteiger partial charge in [0.05, 0.1) is 11.9 Å². The molecule has 1 aromatic heterocycles. The second-order valence-corrected chi connectivity index (χ2v) is 6.10. The van der Waals surface area contributed by atoms with E-state index in [9.17, 15) is 0 Å². The number of anilines is 1. The van der Waals surface area contributed by atoms with Crippen molar-refractivity contribution in [3.05, 3.63) is 18.1 Å². The summed E-state index contributed by atoms with van der Waals surface area (Å²) in [7, 11) is 0. The molecule has 0 N–H and O–H groups in total. The molecule has 2 fully saturated rings. The molecule has 0 unspecified atom stereocenters. The molecule has 3 nitrogen and oxygen atoms in total. The molecule has 0 bridgehead atoms. The summed E-state index contributed by atoms with van der Waals surface area (Å²) >= 11 is 0. The van der Waals surface area contributed by atoms with E-state index in [1.54, 1.807) is 0 Å². The van der Waals surface area contributed by atoms with Gasteiger partial charge in [-0.15, -0.1) is 0 Å². The van der Waals surface area contributed by atoms with Crippen molar-refractivity contribution in [2.75, 3.05) is 18.0 Å². The van der Waals surface area contributed by atoms with Gasteiger partial charge in [-0.1, -0.05) is 19.3 Å². The number of rotatable bonds is 1. The van der Waals surface area contributed by atoms with E-state index in [4.69, 9.17) is 0 Å². The van der Waals surface area contributed by atoms with Crippen LogP contribution in [-0.2, 0) is 0 Å². The third-order valence-corrected chi connectivity index (χ3v) is 4.64. The summed E-state index contributed by atoms with van der Waals surface area (Å²) in [6.45, 7) is 4.38. The Morgan fingerprint density at radius 2 is 1.83 bits per heavy atom. The highest BCUT2D eigenvalue weighted by Crippen LogP contribution is 2.43. The van der Waals surface area contributed by atoms with Gasteiger partial charge in [-0.2, -0.15) is 0 Å². The van der Waals surface area contributed by atoms with Crippen LogP contribution in [0.25, 0.3) is 0 Å². The second-order valence-electron chi connectivity index (χ2n) is 6.10. The van der Waals surface area contributed by atoms with Crippen LogP contribution in [0, 0.1) is 12.3 Å². The molecule has 1 saturated heterocycles. The molecule has 0 aromatic carbocycles. The van der Waals surface area contributed by atoms with Crippen molar-refractivity contribution in [3.8, 4) is 0 Å². The van der Waals surface area contributed by atoms with Crippen LogP contribution in [0.1, 0.15) is 50.6 Å². The van der Waals surface area contributed by atoms with Gasteiger partial charge in [-0.25, -0.2) is 4.98 Å². The highest BCUT2D eigenvalue weighted by Gasteiger charge is 2.36. The van der Waals surface area contributed by atoms with Gasteiger partial charge < -0.3 is 4.90 Å². The zero-order valence-corrected chi connectivity index (χ0v) is 11.4. The average Bonchev–Trinajstić information content (AvgIpc) is 2.40. The molecular weight excluding hydrogens is 222 g/mol. The van der Waals surface area contributed by atoms with Gasteiger partial charge in [-0.3, -0.25) is 4.98 Å². The van der Waals surface area contributed by atoms with E-state index in [0.29, 0.717) is 5.41 Å². The zero-order chi connectivity index (χ0) is 12.4. The topological polar surface area (TPSA) is 29.0 Å². The quantitative estimate of drug-likeness (QED) is 0.760. The fraction of sp³-hybridized carbons (Fsp3) is 0.733. The Balaban J connectivity index is 1.77. The van der Waals surface area contributed by atoms with Crippen molar-refractivity contribution >= 4 is 5.82 Å². The fourth-order valence-electron chi connectivity index (χ4n) is 3.72. The molecule has 2 heterocycles. The van der Waals surface area contributed by atoms with E-state index in [-0.39, 0.29) is 0 Å². The van der Waals surface area contributed by atoms with E-state index < -0.39 is 0 Å². The maximum absolute atomic E-state index is 4.64. The summed E-state index contributed by atoms with van der Waals surface area (Å²) in [5.41, 5.74) is 1.61. The first-order valence-corrected chi connectivity index (χ1v) is 7.31. The predicted octanol–water partition coefficient (Wildman–Crippen LogP) is 3.34. The van der Waals surface area contributed by atoms with Gasteiger partial charge >= 0.3 is 0 Å². The molecular formula is C15H23N3. The molecule has 18 heavy (non-hydrogen) atoms. The fourth-order valence-corrected chi connectivity index (χ4v) is 3.72. The SMILES string of the molecule is Cc1cncc(N2CCCC3(CCCCC3)C2)n1. The van der Waals surface area contributed by atoms with Crippen LogP contribution in [0.2, 0.25) is 0 Å². The lowest BCUT2D eigenvalue weighted by Gasteiger charge is -2.45. The lowest BCUT2D eigenvalue weighted by Crippen LogP contribution is -2.44. The summed E-state index contributed by atoms with van der Waals surface area (Å²) in [6, 6.07) is 0. The first kappa shape index (κ1) is 11.9. The Labute approximate surface area is 110 Å². The summed E-state index contributed by atoms with van der Waals surface area (Å²) < 4.78 is 0. The van der Waals surface area contributed by atoms with Crippen molar-refractivity contribution in [1.82, 2.24) is 9.97 Å². The van der Waals surface area contributed by atoms with E-state index >= 15 is 0 Å². The molecule has 3 heteroatoms. The Bertz CT molecular complexity index is 404. The van der Waals surface area contributed by atoms with Gasteiger partial charge in [0, 0.05) is 19.3 Å². The van der Waals surface area contributed by atoms with Crippen molar-refractivity contribution in [1.29, 1.82) is 0 Å². The van der Waals surface area contributed by atoms with Gasteiger partial charge in [-0.05, 0) is 38.0 Å². The van der Waals surface area contributed by atoms with E-state index in [0.717, 1.165) is 18.1 Å². The Kier molecular flexibility index (Phi) is 3.23. The maximum atomic E-state index is 4.64. The molecule has 0 radical (unpaired) electrons. The number of piperidine rings is 1. The monoisotopic (exact) mass is 245 g/mol. The molecule has 98 valence electrons. The molecule has 0 atom stereocenters. The summed E-state index contributed by atoms with van der Waals surface area (Å²) in [6.07, 6.45) is 13.6. The third kappa shape index (κ3) is 2.36. The van der Waals surface area contributed by atoms with Crippen LogP contribution < -0.4 is 4.90 Å². The van der Waals surface area contributed by atoms with E-state index in [1.807, 2.05) is 19.3 Å². The smallest absolute Gasteiger partial charge is 0.147 e. The van der Waals surface area contributed by atoms with Gasteiger partial charge in [0.2, 0.25) is 0 Å². The Hall–Kier alpha value is -1.12. The Morgan fingerprint density at radius 1 is 1.06 bits per heavy atom.